The molecule has 6 nitrogen and oxygen atoms in total. The molecule has 0 spiro atoms. The first kappa shape index (κ1) is 15.0. The topological polar surface area (TPSA) is 63.2 Å². The van der Waals surface area contributed by atoms with Gasteiger partial charge in [-0.2, -0.15) is 0 Å². The third kappa shape index (κ3) is 3.04. The molecular weight excluding hydrogens is 276 g/mol. The van der Waals surface area contributed by atoms with E-state index in [2.05, 4.69) is 0 Å². The van der Waals surface area contributed by atoms with Crippen LogP contribution in [0, 0.1) is 0 Å². The lowest BCUT2D eigenvalue weighted by molar-refractivity contribution is -0.159. The lowest BCUT2D eigenvalue weighted by atomic mass is 10.1. The Morgan fingerprint density at radius 1 is 1.00 bits per heavy atom. The van der Waals surface area contributed by atoms with E-state index in [1.54, 1.807) is 32.1 Å². The molecule has 0 saturated carbocycles. The van der Waals surface area contributed by atoms with Crippen LogP contribution in [0.2, 0.25) is 0 Å². The summed E-state index contributed by atoms with van der Waals surface area (Å²) in [5.74, 6) is 0.146. The van der Waals surface area contributed by atoms with Crippen molar-refractivity contribution < 1.29 is 28.5 Å². The second-order valence-electron chi connectivity index (χ2n) is 4.86. The molecule has 0 radical (unpaired) electrons. The normalized spacial score (nSPS) is 18.1. The summed E-state index contributed by atoms with van der Waals surface area (Å²) < 4.78 is 26.3. The molecule has 114 valence electrons. The van der Waals surface area contributed by atoms with Crippen LogP contribution in [0.1, 0.15) is 19.4 Å². The van der Waals surface area contributed by atoms with Crippen LogP contribution in [0.4, 0.5) is 0 Å². The fourth-order valence-electron chi connectivity index (χ4n) is 2.03. The second kappa shape index (κ2) is 5.55. The Bertz CT molecular complexity index is 563. The van der Waals surface area contributed by atoms with Gasteiger partial charge in [-0.25, -0.2) is 4.79 Å². The molecule has 0 atom stereocenters. The highest BCUT2D eigenvalue weighted by Gasteiger charge is 2.37. The predicted molar refractivity (Wildman–Crippen MR) is 75.3 cm³/mol. The summed E-state index contributed by atoms with van der Waals surface area (Å²) in [4.78, 5) is 11.7. The van der Waals surface area contributed by atoms with Crippen LogP contribution in [-0.4, -0.2) is 33.1 Å². The molecule has 2 rings (SSSR count). The summed E-state index contributed by atoms with van der Waals surface area (Å²) >= 11 is 0. The third-order valence-corrected chi connectivity index (χ3v) is 2.88. The molecule has 0 aliphatic carbocycles. The number of methoxy groups -OCH3 is 3. The summed E-state index contributed by atoms with van der Waals surface area (Å²) in [6.07, 6.45) is 1.57. The maximum atomic E-state index is 11.7. The van der Waals surface area contributed by atoms with Gasteiger partial charge in [-0.3, -0.25) is 0 Å². The Labute approximate surface area is 123 Å². The van der Waals surface area contributed by atoms with Crippen molar-refractivity contribution in [3.8, 4) is 17.2 Å². The van der Waals surface area contributed by atoms with Crippen molar-refractivity contribution >= 4 is 12.0 Å². The zero-order valence-corrected chi connectivity index (χ0v) is 12.7. The molecule has 0 bridgehead atoms. The van der Waals surface area contributed by atoms with E-state index in [0.717, 1.165) is 0 Å². The maximum absolute atomic E-state index is 11.7. The van der Waals surface area contributed by atoms with Gasteiger partial charge in [0.25, 0.3) is 0 Å². The molecule has 6 heteroatoms. The number of hydrogen-bond donors (Lipinski definition) is 0. The molecule has 0 unspecified atom stereocenters. The van der Waals surface area contributed by atoms with Gasteiger partial charge in [-0.15, -0.1) is 0 Å². The van der Waals surface area contributed by atoms with Gasteiger partial charge in [0.05, 0.1) is 21.3 Å². The van der Waals surface area contributed by atoms with Crippen LogP contribution in [0.3, 0.4) is 0 Å². The Morgan fingerprint density at radius 3 is 1.95 bits per heavy atom. The molecule has 1 aliphatic heterocycles. The van der Waals surface area contributed by atoms with Crippen molar-refractivity contribution in [3.63, 3.8) is 0 Å². The second-order valence-corrected chi connectivity index (χ2v) is 4.86. The number of benzene rings is 1. The van der Waals surface area contributed by atoms with Crippen molar-refractivity contribution in [2.45, 2.75) is 19.6 Å². The fourth-order valence-corrected chi connectivity index (χ4v) is 2.03. The molecule has 1 aromatic carbocycles. The van der Waals surface area contributed by atoms with Crippen molar-refractivity contribution in [1.29, 1.82) is 0 Å². The summed E-state index contributed by atoms with van der Waals surface area (Å²) in [6.45, 7) is 3.34. The van der Waals surface area contributed by atoms with Crippen LogP contribution in [0.15, 0.2) is 17.9 Å². The highest BCUT2D eigenvalue weighted by molar-refractivity contribution is 5.93. The molecule has 1 saturated heterocycles. The molecule has 1 fully saturated rings. The van der Waals surface area contributed by atoms with E-state index in [-0.39, 0.29) is 5.76 Å². The van der Waals surface area contributed by atoms with Gasteiger partial charge >= 0.3 is 5.97 Å². The largest absolute Gasteiger partial charge is 0.493 e. The Hall–Kier alpha value is -2.37. The standard InChI is InChI=1S/C15H18O6/c1-15(2)20-12(14(16)21-15)8-9-6-10(17-3)13(19-5)11(7-9)18-4/h6-8H,1-5H3/b12-8+. The molecule has 0 aromatic heterocycles. The number of carbonyl (C=O) groups is 1. The van der Waals surface area contributed by atoms with Crippen LogP contribution < -0.4 is 14.2 Å². The summed E-state index contributed by atoms with van der Waals surface area (Å²) in [6, 6.07) is 3.44. The van der Waals surface area contributed by atoms with E-state index in [9.17, 15) is 4.79 Å². The molecule has 1 heterocycles. The summed E-state index contributed by atoms with van der Waals surface area (Å²) in [7, 11) is 4.58. The molecular formula is C15H18O6. The van der Waals surface area contributed by atoms with E-state index >= 15 is 0 Å². The van der Waals surface area contributed by atoms with Gasteiger partial charge in [0.2, 0.25) is 17.3 Å². The highest BCUT2D eigenvalue weighted by atomic mass is 16.8. The molecule has 21 heavy (non-hydrogen) atoms. The molecule has 1 aromatic rings. The minimum absolute atomic E-state index is 0.134. The number of esters is 1. The number of carbonyl (C=O) groups excluding carboxylic acids is 1. The SMILES string of the molecule is COc1cc(/C=C2/OC(C)(C)OC2=O)cc(OC)c1OC. The maximum Gasteiger partial charge on any atom is 0.377 e. The zero-order valence-electron chi connectivity index (χ0n) is 12.7. The average molecular weight is 294 g/mol. The fraction of sp³-hybridized carbons (Fsp3) is 0.400. The third-order valence-electron chi connectivity index (χ3n) is 2.88. The lowest BCUT2D eigenvalue weighted by Crippen LogP contribution is -2.19. The van der Waals surface area contributed by atoms with Gasteiger partial charge < -0.3 is 23.7 Å². The van der Waals surface area contributed by atoms with Gasteiger partial charge in [0.1, 0.15) is 0 Å². The van der Waals surface area contributed by atoms with E-state index < -0.39 is 11.8 Å². The molecule has 1 aliphatic rings. The van der Waals surface area contributed by atoms with E-state index in [4.69, 9.17) is 23.7 Å². The number of cyclic esters (lactones) is 1. The van der Waals surface area contributed by atoms with Gasteiger partial charge in [0, 0.05) is 13.8 Å². The van der Waals surface area contributed by atoms with Crippen molar-refractivity contribution in [3.05, 3.63) is 23.5 Å². The molecule has 0 amide bonds. The van der Waals surface area contributed by atoms with Gasteiger partial charge in [-0.1, -0.05) is 0 Å². The summed E-state index contributed by atoms with van der Waals surface area (Å²) in [5, 5.41) is 0. The highest BCUT2D eigenvalue weighted by Crippen LogP contribution is 2.39. The van der Waals surface area contributed by atoms with Crippen LogP contribution in [0.5, 0.6) is 17.2 Å². The summed E-state index contributed by atoms with van der Waals surface area (Å²) in [5.41, 5.74) is 0.675. The van der Waals surface area contributed by atoms with Gasteiger partial charge in [0.15, 0.2) is 11.5 Å². The zero-order chi connectivity index (χ0) is 15.6. The number of rotatable bonds is 4. The van der Waals surface area contributed by atoms with Gasteiger partial charge in [-0.05, 0) is 23.8 Å². The van der Waals surface area contributed by atoms with Crippen LogP contribution in [0.25, 0.3) is 6.08 Å². The van der Waals surface area contributed by atoms with Crippen molar-refractivity contribution in [2.24, 2.45) is 0 Å². The first-order valence-corrected chi connectivity index (χ1v) is 6.34. The minimum Gasteiger partial charge on any atom is -0.493 e. The first-order chi connectivity index (χ1) is 9.90. The van der Waals surface area contributed by atoms with E-state index in [1.165, 1.54) is 21.3 Å². The average Bonchev–Trinajstić information content (AvgIpc) is 2.70. The Morgan fingerprint density at radius 2 is 1.57 bits per heavy atom. The number of ether oxygens (including phenoxy) is 5. The van der Waals surface area contributed by atoms with Crippen LogP contribution >= 0.6 is 0 Å². The van der Waals surface area contributed by atoms with Crippen molar-refractivity contribution in [1.82, 2.24) is 0 Å². The lowest BCUT2D eigenvalue weighted by Gasteiger charge is -2.14. The minimum atomic E-state index is -0.955. The Kier molecular flexibility index (Phi) is 3.97. The monoisotopic (exact) mass is 294 g/mol. The van der Waals surface area contributed by atoms with E-state index in [0.29, 0.717) is 22.8 Å². The van der Waals surface area contributed by atoms with E-state index in [1.807, 2.05) is 0 Å². The predicted octanol–water partition coefficient (Wildman–Crippen LogP) is 2.36. The number of hydrogen-bond acceptors (Lipinski definition) is 6. The quantitative estimate of drug-likeness (QED) is 0.627. The molecule has 0 N–H and O–H groups in total. The smallest absolute Gasteiger partial charge is 0.377 e. The Balaban J connectivity index is 2.44. The first-order valence-electron chi connectivity index (χ1n) is 6.34. The van der Waals surface area contributed by atoms with Crippen molar-refractivity contribution in [2.75, 3.05) is 21.3 Å². The van der Waals surface area contributed by atoms with Crippen LogP contribution in [-0.2, 0) is 14.3 Å².